The summed E-state index contributed by atoms with van der Waals surface area (Å²) in [5.41, 5.74) is 1.75. The van der Waals surface area contributed by atoms with Crippen molar-refractivity contribution in [3.63, 3.8) is 0 Å². The predicted molar refractivity (Wildman–Crippen MR) is 72.6 cm³/mol. The summed E-state index contributed by atoms with van der Waals surface area (Å²) in [7, 11) is 0. The Hall–Kier alpha value is -1.87. The van der Waals surface area contributed by atoms with Gasteiger partial charge in [0.1, 0.15) is 0 Å². The summed E-state index contributed by atoms with van der Waals surface area (Å²) in [5.74, 6) is -0.0417. The molecule has 0 aliphatic carbocycles. The van der Waals surface area contributed by atoms with Crippen LogP contribution in [0.1, 0.15) is 12.0 Å². The molecule has 1 N–H and O–H groups in total. The first-order valence-corrected chi connectivity index (χ1v) is 6.07. The van der Waals surface area contributed by atoms with E-state index < -0.39 is 0 Å². The van der Waals surface area contributed by atoms with Crippen molar-refractivity contribution in [1.82, 2.24) is 4.98 Å². The SMILES string of the molecule is O=C(CCc1ccncc1)Nc1ccccc1Cl. The maximum atomic E-state index is 11.8. The summed E-state index contributed by atoms with van der Waals surface area (Å²) in [6, 6.07) is 11.0. The lowest BCUT2D eigenvalue weighted by molar-refractivity contribution is -0.116. The highest BCUT2D eigenvalue weighted by Crippen LogP contribution is 2.20. The van der Waals surface area contributed by atoms with Gasteiger partial charge in [-0.25, -0.2) is 0 Å². The van der Waals surface area contributed by atoms with Crippen LogP contribution in [-0.2, 0) is 11.2 Å². The zero-order valence-corrected chi connectivity index (χ0v) is 10.5. The standard InChI is InChI=1S/C14H13ClN2O/c15-12-3-1-2-4-13(12)17-14(18)6-5-11-7-9-16-10-8-11/h1-4,7-10H,5-6H2,(H,17,18). The van der Waals surface area contributed by atoms with Crippen LogP contribution in [0.5, 0.6) is 0 Å². The number of benzene rings is 1. The van der Waals surface area contributed by atoms with E-state index in [9.17, 15) is 4.79 Å². The zero-order valence-electron chi connectivity index (χ0n) is 9.77. The van der Waals surface area contributed by atoms with Gasteiger partial charge < -0.3 is 5.32 Å². The fourth-order valence-electron chi connectivity index (χ4n) is 1.58. The van der Waals surface area contributed by atoms with E-state index in [1.54, 1.807) is 24.5 Å². The number of nitrogens with zero attached hydrogens (tertiary/aromatic N) is 1. The second kappa shape index (κ2) is 6.17. The molecule has 0 bridgehead atoms. The van der Waals surface area contributed by atoms with Crippen LogP contribution in [-0.4, -0.2) is 10.9 Å². The van der Waals surface area contributed by atoms with E-state index in [0.29, 0.717) is 23.6 Å². The Labute approximate surface area is 111 Å². The van der Waals surface area contributed by atoms with Gasteiger partial charge in [-0.3, -0.25) is 9.78 Å². The van der Waals surface area contributed by atoms with Crippen molar-refractivity contribution in [1.29, 1.82) is 0 Å². The average Bonchev–Trinajstić information content (AvgIpc) is 2.40. The highest BCUT2D eigenvalue weighted by atomic mass is 35.5. The van der Waals surface area contributed by atoms with Crippen molar-refractivity contribution < 1.29 is 4.79 Å². The molecule has 92 valence electrons. The molecule has 0 spiro atoms. The average molecular weight is 261 g/mol. The number of pyridine rings is 1. The highest BCUT2D eigenvalue weighted by molar-refractivity contribution is 6.33. The molecule has 1 heterocycles. The van der Waals surface area contributed by atoms with Crippen molar-refractivity contribution in [2.24, 2.45) is 0 Å². The third-order valence-electron chi connectivity index (χ3n) is 2.54. The van der Waals surface area contributed by atoms with E-state index in [-0.39, 0.29) is 5.91 Å². The zero-order chi connectivity index (χ0) is 12.8. The van der Waals surface area contributed by atoms with Crippen molar-refractivity contribution in [2.45, 2.75) is 12.8 Å². The normalized spacial score (nSPS) is 10.1. The molecule has 0 aliphatic rings. The molecular formula is C14H13ClN2O. The lowest BCUT2D eigenvalue weighted by Gasteiger charge is -2.06. The maximum Gasteiger partial charge on any atom is 0.224 e. The minimum absolute atomic E-state index is 0.0417. The van der Waals surface area contributed by atoms with Gasteiger partial charge in [-0.15, -0.1) is 0 Å². The Kier molecular flexibility index (Phi) is 4.31. The molecular weight excluding hydrogens is 248 g/mol. The second-order valence-corrected chi connectivity index (χ2v) is 4.29. The summed E-state index contributed by atoms with van der Waals surface area (Å²) in [6.07, 6.45) is 4.57. The number of carbonyl (C=O) groups is 1. The number of aryl methyl sites for hydroxylation is 1. The molecule has 18 heavy (non-hydrogen) atoms. The fourth-order valence-corrected chi connectivity index (χ4v) is 1.77. The quantitative estimate of drug-likeness (QED) is 0.916. The predicted octanol–water partition coefficient (Wildman–Crippen LogP) is 3.31. The first-order valence-electron chi connectivity index (χ1n) is 5.69. The molecule has 2 rings (SSSR count). The largest absolute Gasteiger partial charge is 0.325 e. The van der Waals surface area contributed by atoms with Crippen molar-refractivity contribution in [3.05, 3.63) is 59.4 Å². The first-order chi connectivity index (χ1) is 8.75. The van der Waals surface area contributed by atoms with Gasteiger partial charge in [0.2, 0.25) is 5.91 Å². The van der Waals surface area contributed by atoms with Gasteiger partial charge in [-0.2, -0.15) is 0 Å². The number of halogens is 1. The number of hydrogen-bond donors (Lipinski definition) is 1. The van der Waals surface area contributed by atoms with Gasteiger partial charge in [0, 0.05) is 18.8 Å². The molecule has 3 nitrogen and oxygen atoms in total. The van der Waals surface area contributed by atoms with E-state index in [1.165, 1.54) is 0 Å². The molecule has 0 saturated heterocycles. The number of carbonyl (C=O) groups excluding carboxylic acids is 1. The summed E-state index contributed by atoms with van der Waals surface area (Å²) in [5, 5.41) is 3.34. The number of amides is 1. The lowest BCUT2D eigenvalue weighted by atomic mass is 10.1. The van der Waals surface area contributed by atoms with Gasteiger partial charge in [0.25, 0.3) is 0 Å². The van der Waals surface area contributed by atoms with Gasteiger partial charge in [-0.1, -0.05) is 23.7 Å². The fraction of sp³-hybridized carbons (Fsp3) is 0.143. The molecule has 1 aromatic heterocycles. The summed E-state index contributed by atoms with van der Waals surface area (Å²) in [6.45, 7) is 0. The molecule has 1 aromatic carbocycles. The van der Waals surface area contributed by atoms with Crippen LogP contribution in [0.3, 0.4) is 0 Å². The Morgan fingerprint density at radius 2 is 1.89 bits per heavy atom. The van der Waals surface area contributed by atoms with Gasteiger partial charge in [-0.05, 0) is 36.2 Å². The number of nitrogens with one attached hydrogen (secondary N) is 1. The molecule has 4 heteroatoms. The Morgan fingerprint density at radius 1 is 1.17 bits per heavy atom. The minimum Gasteiger partial charge on any atom is -0.325 e. The van der Waals surface area contributed by atoms with Gasteiger partial charge >= 0.3 is 0 Å². The van der Waals surface area contributed by atoms with Crippen LogP contribution in [0.15, 0.2) is 48.8 Å². The summed E-state index contributed by atoms with van der Waals surface area (Å²) >= 11 is 5.96. The highest BCUT2D eigenvalue weighted by Gasteiger charge is 2.05. The van der Waals surface area contributed by atoms with Crippen molar-refractivity contribution in [3.8, 4) is 0 Å². The molecule has 0 saturated carbocycles. The van der Waals surface area contributed by atoms with E-state index in [1.807, 2.05) is 24.3 Å². The number of anilines is 1. The number of rotatable bonds is 4. The molecule has 2 aromatic rings. The third-order valence-corrected chi connectivity index (χ3v) is 2.87. The van der Waals surface area contributed by atoms with E-state index in [4.69, 9.17) is 11.6 Å². The summed E-state index contributed by atoms with van der Waals surface area (Å²) < 4.78 is 0. The molecule has 0 atom stereocenters. The summed E-state index contributed by atoms with van der Waals surface area (Å²) in [4.78, 5) is 15.7. The van der Waals surface area contributed by atoms with E-state index in [2.05, 4.69) is 10.3 Å². The minimum atomic E-state index is -0.0417. The number of hydrogen-bond acceptors (Lipinski definition) is 2. The maximum absolute atomic E-state index is 11.8. The number of aromatic nitrogens is 1. The lowest BCUT2D eigenvalue weighted by Crippen LogP contribution is -2.12. The van der Waals surface area contributed by atoms with E-state index >= 15 is 0 Å². The van der Waals surface area contributed by atoms with Crippen molar-refractivity contribution >= 4 is 23.2 Å². The monoisotopic (exact) mass is 260 g/mol. The Morgan fingerprint density at radius 3 is 2.61 bits per heavy atom. The van der Waals surface area contributed by atoms with Crippen LogP contribution in [0.4, 0.5) is 5.69 Å². The molecule has 0 unspecified atom stereocenters. The topological polar surface area (TPSA) is 42.0 Å². The van der Waals surface area contributed by atoms with Crippen LogP contribution >= 0.6 is 11.6 Å². The van der Waals surface area contributed by atoms with Gasteiger partial charge in [0.05, 0.1) is 10.7 Å². The molecule has 1 amide bonds. The third kappa shape index (κ3) is 3.57. The van der Waals surface area contributed by atoms with Crippen LogP contribution in [0.2, 0.25) is 5.02 Å². The van der Waals surface area contributed by atoms with Crippen LogP contribution in [0, 0.1) is 0 Å². The van der Waals surface area contributed by atoms with Gasteiger partial charge in [0.15, 0.2) is 0 Å². The molecule has 0 radical (unpaired) electrons. The first kappa shape index (κ1) is 12.6. The number of para-hydroxylation sites is 1. The van der Waals surface area contributed by atoms with Crippen LogP contribution < -0.4 is 5.32 Å². The molecule has 0 fully saturated rings. The second-order valence-electron chi connectivity index (χ2n) is 3.88. The Balaban J connectivity index is 1.88. The van der Waals surface area contributed by atoms with Crippen molar-refractivity contribution in [2.75, 3.05) is 5.32 Å². The van der Waals surface area contributed by atoms with Crippen LogP contribution in [0.25, 0.3) is 0 Å². The Bertz CT molecular complexity index is 528. The smallest absolute Gasteiger partial charge is 0.224 e. The molecule has 0 aliphatic heterocycles. The van der Waals surface area contributed by atoms with E-state index in [0.717, 1.165) is 5.56 Å².